The monoisotopic (exact) mass is 234 g/mol. The van der Waals surface area contributed by atoms with E-state index >= 15 is 0 Å². The van der Waals surface area contributed by atoms with Gasteiger partial charge in [-0.3, -0.25) is 0 Å². The molecule has 2 heterocycles. The van der Waals surface area contributed by atoms with Gasteiger partial charge in [-0.25, -0.2) is 4.79 Å². The van der Waals surface area contributed by atoms with Crippen LogP contribution in [0.2, 0.25) is 0 Å². The van der Waals surface area contributed by atoms with Crippen LogP contribution in [0.5, 0.6) is 5.75 Å². The molecule has 0 aliphatic rings. The van der Waals surface area contributed by atoms with Gasteiger partial charge in [-0.05, 0) is 23.6 Å². The average molecular weight is 234 g/mol. The van der Waals surface area contributed by atoms with E-state index in [9.17, 15) is 4.79 Å². The molecule has 4 heteroatoms. The highest BCUT2D eigenvalue weighted by Crippen LogP contribution is 2.15. The molecule has 0 fully saturated rings. The Morgan fingerprint density at radius 3 is 2.94 bits per heavy atom. The lowest BCUT2D eigenvalue weighted by Gasteiger charge is -1.98. The minimum atomic E-state index is -0.412. The summed E-state index contributed by atoms with van der Waals surface area (Å²) in [6.45, 7) is 0. The molecular formula is C12H10O3S. The van der Waals surface area contributed by atoms with Crippen molar-refractivity contribution in [3.63, 3.8) is 0 Å². The molecule has 0 spiro atoms. The molecule has 0 aromatic carbocycles. The lowest BCUT2D eigenvalue weighted by molar-refractivity contribution is 0.400. The summed E-state index contributed by atoms with van der Waals surface area (Å²) in [4.78, 5) is 12.3. The lowest BCUT2D eigenvalue weighted by atomic mass is 10.3. The highest BCUT2D eigenvalue weighted by molar-refractivity contribution is 7.10. The maximum atomic E-state index is 11.2. The normalized spacial score (nSPS) is 10.8. The summed E-state index contributed by atoms with van der Waals surface area (Å²) in [5.41, 5.74) is -0.412. The second kappa shape index (κ2) is 4.81. The van der Waals surface area contributed by atoms with Crippen molar-refractivity contribution < 1.29 is 9.15 Å². The van der Waals surface area contributed by atoms with Gasteiger partial charge in [0.1, 0.15) is 11.5 Å². The first-order valence-corrected chi connectivity index (χ1v) is 5.56. The number of hydrogen-bond donors (Lipinski definition) is 0. The molecule has 2 aromatic rings. The quantitative estimate of drug-likeness (QED) is 0.819. The Morgan fingerprint density at radius 1 is 1.38 bits per heavy atom. The van der Waals surface area contributed by atoms with Crippen LogP contribution in [-0.4, -0.2) is 7.11 Å². The SMILES string of the molecule is COc1cc(/C=C\c2cccs2)oc(=O)c1. The topological polar surface area (TPSA) is 39.4 Å². The van der Waals surface area contributed by atoms with Gasteiger partial charge in [-0.1, -0.05) is 6.07 Å². The van der Waals surface area contributed by atoms with Crippen molar-refractivity contribution in [2.45, 2.75) is 0 Å². The standard InChI is InChI=1S/C12H10O3S/c1-14-10-7-9(15-12(13)8-10)4-5-11-3-2-6-16-11/h2-8H,1H3/b5-4-. The largest absolute Gasteiger partial charge is 0.496 e. The zero-order valence-electron chi connectivity index (χ0n) is 8.67. The Kier molecular flexibility index (Phi) is 3.22. The summed E-state index contributed by atoms with van der Waals surface area (Å²) in [6, 6.07) is 6.93. The fraction of sp³-hybridized carbons (Fsp3) is 0.0833. The van der Waals surface area contributed by atoms with Crippen LogP contribution in [-0.2, 0) is 0 Å². The first-order chi connectivity index (χ1) is 7.78. The summed E-state index contributed by atoms with van der Waals surface area (Å²) >= 11 is 1.62. The van der Waals surface area contributed by atoms with E-state index < -0.39 is 5.63 Å². The second-order valence-electron chi connectivity index (χ2n) is 3.07. The second-order valence-corrected chi connectivity index (χ2v) is 4.05. The molecule has 3 nitrogen and oxygen atoms in total. The summed E-state index contributed by atoms with van der Waals surface area (Å²) in [6.07, 6.45) is 3.64. The molecule has 0 radical (unpaired) electrons. The molecule has 0 amide bonds. The molecule has 2 aromatic heterocycles. The maximum absolute atomic E-state index is 11.2. The van der Waals surface area contributed by atoms with Gasteiger partial charge in [0.05, 0.1) is 13.2 Å². The summed E-state index contributed by atoms with van der Waals surface area (Å²) < 4.78 is 9.98. The van der Waals surface area contributed by atoms with Gasteiger partial charge >= 0.3 is 5.63 Å². The third-order valence-electron chi connectivity index (χ3n) is 1.95. The zero-order chi connectivity index (χ0) is 11.4. The van der Waals surface area contributed by atoms with Crippen LogP contribution in [0.25, 0.3) is 12.2 Å². The van der Waals surface area contributed by atoms with Gasteiger partial charge in [0, 0.05) is 10.9 Å². The average Bonchev–Trinajstić information content (AvgIpc) is 2.78. The molecular weight excluding hydrogens is 224 g/mol. The van der Waals surface area contributed by atoms with E-state index in [-0.39, 0.29) is 0 Å². The smallest absolute Gasteiger partial charge is 0.339 e. The minimum Gasteiger partial charge on any atom is -0.496 e. The van der Waals surface area contributed by atoms with E-state index in [0.29, 0.717) is 11.5 Å². The van der Waals surface area contributed by atoms with E-state index in [1.54, 1.807) is 23.5 Å². The highest BCUT2D eigenvalue weighted by atomic mass is 32.1. The summed E-state index contributed by atoms with van der Waals surface area (Å²) in [7, 11) is 1.52. The van der Waals surface area contributed by atoms with Gasteiger partial charge in [-0.15, -0.1) is 11.3 Å². The third-order valence-corrected chi connectivity index (χ3v) is 2.79. The number of thiophene rings is 1. The van der Waals surface area contributed by atoms with Crippen LogP contribution in [0, 0.1) is 0 Å². The van der Waals surface area contributed by atoms with Gasteiger partial charge in [0.15, 0.2) is 0 Å². The molecule has 0 saturated heterocycles. The molecule has 0 aliphatic carbocycles. The Balaban J connectivity index is 2.27. The van der Waals surface area contributed by atoms with Crippen molar-refractivity contribution in [3.05, 3.63) is 50.7 Å². The van der Waals surface area contributed by atoms with Gasteiger partial charge in [0.2, 0.25) is 0 Å². The Labute approximate surface area is 96.6 Å². The van der Waals surface area contributed by atoms with Crippen LogP contribution in [0.15, 0.2) is 38.9 Å². The molecule has 82 valence electrons. The van der Waals surface area contributed by atoms with Crippen molar-refractivity contribution in [1.82, 2.24) is 0 Å². The number of rotatable bonds is 3. The number of ether oxygens (including phenoxy) is 1. The highest BCUT2D eigenvalue weighted by Gasteiger charge is 1.98. The van der Waals surface area contributed by atoms with Crippen LogP contribution >= 0.6 is 11.3 Å². The summed E-state index contributed by atoms with van der Waals surface area (Å²) in [5.74, 6) is 0.986. The molecule has 16 heavy (non-hydrogen) atoms. The van der Waals surface area contributed by atoms with Crippen molar-refractivity contribution in [1.29, 1.82) is 0 Å². The van der Waals surface area contributed by atoms with Crippen molar-refractivity contribution in [3.8, 4) is 5.75 Å². The third kappa shape index (κ3) is 2.61. The van der Waals surface area contributed by atoms with E-state index in [1.807, 2.05) is 23.6 Å². The van der Waals surface area contributed by atoms with E-state index in [4.69, 9.17) is 9.15 Å². The Hall–Kier alpha value is -1.81. The van der Waals surface area contributed by atoms with E-state index in [2.05, 4.69) is 0 Å². The summed E-state index contributed by atoms with van der Waals surface area (Å²) in [5, 5.41) is 1.99. The Morgan fingerprint density at radius 2 is 2.25 bits per heavy atom. The van der Waals surface area contributed by atoms with Crippen molar-refractivity contribution >= 4 is 23.5 Å². The van der Waals surface area contributed by atoms with Crippen LogP contribution in [0.1, 0.15) is 10.6 Å². The van der Waals surface area contributed by atoms with Gasteiger partial charge < -0.3 is 9.15 Å². The molecule has 0 unspecified atom stereocenters. The van der Waals surface area contributed by atoms with Crippen LogP contribution < -0.4 is 10.4 Å². The lowest BCUT2D eigenvalue weighted by Crippen LogP contribution is -1.98. The van der Waals surface area contributed by atoms with Gasteiger partial charge in [-0.2, -0.15) is 0 Å². The zero-order valence-corrected chi connectivity index (χ0v) is 9.49. The van der Waals surface area contributed by atoms with E-state index in [1.165, 1.54) is 13.2 Å². The van der Waals surface area contributed by atoms with Crippen molar-refractivity contribution in [2.75, 3.05) is 7.11 Å². The molecule has 2 rings (SSSR count). The van der Waals surface area contributed by atoms with E-state index in [0.717, 1.165) is 4.88 Å². The predicted molar refractivity (Wildman–Crippen MR) is 64.8 cm³/mol. The first-order valence-electron chi connectivity index (χ1n) is 4.69. The van der Waals surface area contributed by atoms with Crippen molar-refractivity contribution in [2.24, 2.45) is 0 Å². The molecule has 0 saturated carbocycles. The Bertz CT molecular complexity index is 538. The molecule has 0 atom stereocenters. The number of hydrogen-bond acceptors (Lipinski definition) is 4. The van der Waals surface area contributed by atoms with Gasteiger partial charge in [0.25, 0.3) is 0 Å². The first kappa shape index (κ1) is 10.7. The molecule has 0 N–H and O–H groups in total. The van der Waals surface area contributed by atoms with Crippen LogP contribution in [0.3, 0.4) is 0 Å². The minimum absolute atomic E-state index is 0.412. The molecule has 0 aliphatic heterocycles. The molecule has 0 bridgehead atoms. The fourth-order valence-corrected chi connectivity index (χ4v) is 1.84. The fourth-order valence-electron chi connectivity index (χ4n) is 1.22. The maximum Gasteiger partial charge on any atom is 0.339 e. The van der Waals surface area contributed by atoms with Crippen LogP contribution in [0.4, 0.5) is 0 Å². The number of methoxy groups -OCH3 is 1. The predicted octanol–water partition coefficient (Wildman–Crippen LogP) is 2.88.